The fraction of sp³-hybridized carbons (Fsp3) is 0.0909. The molecule has 0 saturated heterocycles. The first-order valence-electron chi connectivity index (χ1n) is 5.61. The Bertz CT molecular complexity index is 755. The highest BCUT2D eigenvalue weighted by Crippen LogP contribution is 2.24. The Kier molecular flexibility index (Phi) is 4.23. The van der Waals surface area contributed by atoms with Crippen LogP contribution in [0.5, 0.6) is 0 Å². The van der Waals surface area contributed by atoms with E-state index in [1.165, 1.54) is 35.6 Å². The van der Waals surface area contributed by atoms with Crippen molar-refractivity contribution in [1.82, 2.24) is 4.98 Å². The molecule has 112 valence electrons. The van der Waals surface area contributed by atoms with Gasteiger partial charge in [-0.05, 0) is 24.3 Å². The fourth-order valence-electron chi connectivity index (χ4n) is 1.46. The Morgan fingerprint density at radius 2 is 1.95 bits per heavy atom. The number of hydrogen-bond acceptors (Lipinski definition) is 7. The van der Waals surface area contributed by atoms with Gasteiger partial charge >= 0.3 is 5.97 Å². The van der Waals surface area contributed by atoms with Crippen molar-refractivity contribution in [3.63, 3.8) is 0 Å². The van der Waals surface area contributed by atoms with Gasteiger partial charge in [0, 0.05) is 11.1 Å². The zero-order valence-corrected chi connectivity index (χ0v) is 12.2. The third kappa shape index (κ3) is 3.76. The number of carboxylic acids is 1. The number of thiazole rings is 1. The van der Waals surface area contributed by atoms with Crippen molar-refractivity contribution < 1.29 is 18.3 Å². The lowest BCUT2D eigenvalue weighted by Crippen LogP contribution is -2.20. The Morgan fingerprint density at radius 1 is 1.33 bits per heavy atom. The molecule has 1 aromatic carbocycles. The molecule has 6 N–H and O–H groups in total. The van der Waals surface area contributed by atoms with Crippen LogP contribution in [0.1, 0.15) is 11.7 Å². The third-order valence-corrected chi connectivity index (χ3v) is 4.25. The third-order valence-electron chi connectivity index (χ3n) is 2.54. The molecule has 0 amide bonds. The summed E-state index contributed by atoms with van der Waals surface area (Å²) in [6.07, 6.45) is 0. The minimum Gasteiger partial charge on any atom is -0.480 e. The Balaban J connectivity index is 2.14. The maximum atomic E-state index is 11.1. The van der Waals surface area contributed by atoms with Crippen molar-refractivity contribution in [1.29, 1.82) is 0 Å². The molecule has 10 heteroatoms. The maximum Gasteiger partial charge on any atom is 0.326 e. The average molecular weight is 328 g/mol. The largest absolute Gasteiger partial charge is 0.480 e. The Labute approximate surface area is 124 Å². The number of hydrogen-bond donors (Lipinski definition) is 4. The first-order valence-corrected chi connectivity index (χ1v) is 8.03. The summed E-state index contributed by atoms with van der Waals surface area (Å²) in [4.78, 5) is 14.8. The second-order valence-corrected chi connectivity index (χ2v) is 6.51. The molecule has 0 aliphatic carbocycles. The highest BCUT2D eigenvalue weighted by atomic mass is 32.2. The van der Waals surface area contributed by atoms with Crippen molar-refractivity contribution in [3.05, 3.63) is 35.3 Å². The van der Waals surface area contributed by atoms with E-state index in [0.717, 1.165) is 0 Å². The van der Waals surface area contributed by atoms with E-state index in [9.17, 15) is 13.2 Å². The van der Waals surface area contributed by atoms with Crippen LogP contribution in [0.2, 0.25) is 0 Å². The molecule has 1 heterocycles. The van der Waals surface area contributed by atoms with E-state index in [1.807, 2.05) is 0 Å². The van der Waals surface area contributed by atoms with Crippen LogP contribution in [-0.2, 0) is 14.8 Å². The van der Waals surface area contributed by atoms with Crippen LogP contribution in [0, 0.1) is 0 Å². The van der Waals surface area contributed by atoms with Crippen LogP contribution in [0.4, 0.5) is 10.8 Å². The SMILES string of the molecule is NC(C(=O)O)c1csc(Nc2ccc(S(N)(=O)=O)cc2)n1. The lowest BCUT2D eigenvalue weighted by molar-refractivity contribution is -0.138. The quantitative estimate of drug-likeness (QED) is 0.628. The molecule has 1 aromatic heterocycles. The van der Waals surface area contributed by atoms with Crippen molar-refractivity contribution in [2.45, 2.75) is 10.9 Å². The fourth-order valence-corrected chi connectivity index (χ4v) is 2.75. The van der Waals surface area contributed by atoms with Crippen molar-refractivity contribution in [2.24, 2.45) is 10.9 Å². The molecule has 0 radical (unpaired) electrons. The van der Waals surface area contributed by atoms with Gasteiger partial charge in [0.1, 0.15) is 6.04 Å². The molecule has 21 heavy (non-hydrogen) atoms. The van der Waals surface area contributed by atoms with E-state index in [4.69, 9.17) is 16.0 Å². The normalized spacial score (nSPS) is 12.9. The standard InChI is InChI=1S/C11H12N4O4S2/c12-9(10(16)17)8-5-20-11(15-8)14-6-1-3-7(4-2-6)21(13,18)19/h1-5,9H,12H2,(H,14,15)(H,16,17)(H2,13,18,19). The van der Waals surface area contributed by atoms with Gasteiger partial charge in [-0.1, -0.05) is 0 Å². The van der Waals surface area contributed by atoms with Gasteiger partial charge in [-0.3, -0.25) is 4.79 Å². The van der Waals surface area contributed by atoms with Gasteiger partial charge in [-0.15, -0.1) is 11.3 Å². The van der Waals surface area contributed by atoms with Gasteiger partial charge in [-0.2, -0.15) is 0 Å². The Morgan fingerprint density at radius 3 is 2.48 bits per heavy atom. The number of carboxylic acid groups (broad SMARTS) is 1. The number of nitrogens with two attached hydrogens (primary N) is 2. The Hall–Kier alpha value is -2.01. The summed E-state index contributed by atoms with van der Waals surface area (Å²) in [7, 11) is -3.73. The van der Waals surface area contributed by atoms with Gasteiger partial charge < -0.3 is 16.2 Å². The summed E-state index contributed by atoms with van der Waals surface area (Å²) in [5.74, 6) is -1.16. The number of nitrogens with one attached hydrogen (secondary N) is 1. The van der Waals surface area contributed by atoms with Crippen LogP contribution in [0.25, 0.3) is 0 Å². The summed E-state index contributed by atoms with van der Waals surface area (Å²) in [6, 6.07) is 4.58. The lowest BCUT2D eigenvalue weighted by atomic mass is 10.2. The molecule has 0 spiro atoms. The molecule has 0 saturated carbocycles. The zero-order valence-electron chi connectivity index (χ0n) is 10.6. The van der Waals surface area contributed by atoms with Gasteiger partial charge in [0.05, 0.1) is 10.6 Å². The number of aromatic nitrogens is 1. The molecule has 0 aliphatic rings. The molecule has 2 aromatic rings. The minimum atomic E-state index is -3.73. The van der Waals surface area contributed by atoms with E-state index in [2.05, 4.69) is 10.3 Å². The van der Waals surface area contributed by atoms with E-state index >= 15 is 0 Å². The second kappa shape index (κ2) is 5.77. The van der Waals surface area contributed by atoms with Crippen molar-refractivity contribution in [2.75, 3.05) is 5.32 Å². The number of aliphatic carboxylic acids is 1. The molecule has 1 atom stereocenters. The molecule has 2 rings (SSSR count). The first-order chi connectivity index (χ1) is 9.77. The van der Waals surface area contributed by atoms with Gasteiger partial charge in [0.15, 0.2) is 5.13 Å². The predicted octanol–water partition coefficient (Wildman–Crippen LogP) is 0.618. The number of anilines is 2. The van der Waals surface area contributed by atoms with Gasteiger partial charge in [0.25, 0.3) is 0 Å². The number of nitrogens with zero attached hydrogens (tertiary/aromatic N) is 1. The molecule has 0 aliphatic heterocycles. The van der Waals surface area contributed by atoms with Crippen molar-refractivity contribution in [3.8, 4) is 0 Å². The van der Waals surface area contributed by atoms with Crippen molar-refractivity contribution >= 4 is 38.1 Å². The first kappa shape index (κ1) is 15.4. The second-order valence-electron chi connectivity index (χ2n) is 4.09. The summed E-state index contributed by atoms with van der Waals surface area (Å²) in [5, 5.41) is 18.7. The lowest BCUT2D eigenvalue weighted by Gasteiger charge is -2.04. The van der Waals surface area contributed by atoms with Gasteiger partial charge in [0.2, 0.25) is 10.0 Å². The maximum absolute atomic E-state index is 11.1. The molecule has 0 fully saturated rings. The summed E-state index contributed by atoms with van der Waals surface area (Å²) in [6.45, 7) is 0. The number of sulfonamides is 1. The number of rotatable bonds is 5. The molecule has 8 nitrogen and oxygen atoms in total. The smallest absolute Gasteiger partial charge is 0.326 e. The molecular weight excluding hydrogens is 316 g/mol. The predicted molar refractivity (Wildman–Crippen MR) is 77.8 cm³/mol. The van der Waals surface area contributed by atoms with Crippen LogP contribution < -0.4 is 16.2 Å². The number of benzene rings is 1. The van der Waals surface area contributed by atoms with Crippen LogP contribution in [0.3, 0.4) is 0 Å². The average Bonchev–Trinajstić information content (AvgIpc) is 2.85. The molecular formula is C11H12N4O4S2. The van der Waals surface area contributed by atoms with Crippen LogP contribution in [0.15, 0.2) is 34.5 Å². The monoisotopic (exact) mass is 328 g/mol. The minimum absolute atomic E-state index is 0.000720. The highest BCUT2D eigenvalue weighted by Gasteiger charge is 2.17. The van der Waals surface area contributed by atoms with E-state index in [0.29, 0.717) is 10.8 Å². The highest BCUT2D eigenvalue weighted by molar-refractivity contribution is 7.89. The van der Waals surface area contributed by atoms with Gasteiger partial charge in [-0.25, -0.2) is 18.5 Å². The molecule has 1 unspecified atom stereocenters. The number of primary sulfonamides is 1. The number of carbonyl (C=O) groups is 1. The van der Waals surface area contributed by atoms with Crippen LogP contribution >= 0.6 is 11.3 Å². The molecule has 0 bridgehead atoms. The van der Waals surface area contributed by atoms with E-state index in [-0.39, 0.29) is 10.6 Å². The summed E-state index contributed by atoms with van der Waals surface area (Å²) in [5.41, 5.74) is 6.28. The summed E-state index contributed by atoms with van der Waals surface area (Å²) >= 11 is 1.19. The van der Waals surface area contributed by atoms with E-state index < -0.39 is 22.0 Å². The van der Waals surface area contributed by atoms with Crippen LogP contribution in [-0.4, -0.2) is 24.5 Å². The summed E-state index contributed by atoms with van der Waals surface area (Å²) < 4.78 is 22.2. The topological polar surface area (TPSA) is 148 Å². The zero-order chi connectivity index (χ0) is 15.6. The van der Waals surface area contributed by atoms with E-state index in [1.54, 1.807) is 5.38 Å².